The molecule has 0 aliphatic carbocycles. The summed E-state index contributed by atoms with van der Waals surface area (Å²) < 4.78 is 29.0. The largest absolute Gasteiger partial charge is 0.351 e. The van der Waals surface area contributed by atoms with Crippen LogP contribution >= 0.6 is 0 Å². The normalized spacial score (nSPS) is 21.2. The number of nitrogens with one attached hydrogen (secondary N) is 1. The maximum Gasteiger partial charge on any atom is 0.282 e. The number of benzene rings is 1. The summed E-state index contributed by atoms with van der Waals surface area (Å²) in [5, 5.41) is 0.821. The number of aromatic nitrogens is 1. The van der Waals surface area contributed by atoms with Crippen molar-refractivity contribution in [3.8, 4) is 0 Å². The summed E-state index contributed by atoms with van der Waals surface area (Å²) in [6.07, 6.45) is 2.88. The van der Waals surface area contributed by atoms with Gasteiger partial charge in [0.15, 0.2) is 0 Å². The highest BCUT2D eigenvalue weighted by atomic mass is 32.2. The Morgan fingerprint density at radius 1 is 0.757 bits per heavy atom. The summed E-state index contributed by atoms with van der Waals surface area (Å²) in [5.74, 6) is -0.130. The number of rotatable bonds is 5. The molecule has 0 spiro atoms. The molecule has 0 bridgehead atoms. The van der Waals surface area contributed by atoms with Crippen LogP contribution in [-0.4, -0.2) is 120 Å². The van der Waals surface area contributed by atoms with Crippen molar-refractivity contribution in [3.05, 3.63) is 35.5 Å². The van der Waals surface area contributed by atoms with E-state index in [0.29, 0.717) is 69.7 Å². The highest BCUT2D eigenvalue weighted by Gasteiger charge is 2.34. The fourth-order valence-corrected chi connectivity index (χ4v) is 7.23. The van der Waals surface area contributed by atoms with Crippen molar-refractivity contribution < 1.29 is 18.0 Å². The average Bonchev–Trinajstić information content (AvgIpc) is 3.36. The number of hydrogen-bond donors (Lipinski definition) is 1. The molecule has 0 saturated carbocycles. The van der Waals surface area contributed by atoms with Gasteiger partial charge in [-0.3, -0.25) is 14.5 Å². The van der Waals surface area contributed by atoms with Gasteiger partial charge in [0.05, 0.1) is 0 Å². The number of carbonyl (C=O) groups excluding carboxylic acids is 2. The molecule has 0 radical (unpaired) electrons. The Bertz CT molecular complexity index is 1240. The standard InChI is InChI=1S/C26H38N6O4S/c1-20(2)28-10-12-29(13-11-28)25(33)21-6-7-23-22(18-21)19-24(27-23)26(34)30-14-16-32(17-15-30)37(35,36)31-8-4-3-5-9-31/h6-7,18-20,27H,3-5,8-17H2,1-2H3. The Morgan fingerprint density at radius 2 is 1.35 bits per heavy atom. The van der Waals surface area contributed by atoms with E-state index in [-0.39, 0.29) is 11.8 Å². The van der Waals surface area contributed by atoms with Gasteiger partial charge in [-0.1, -0.05) is 6.42 Å². The van der Waals surface area contributed by atoms with Crippen molar-refractivity contribution in [2.45, 2.75) is 39.2 Å². The molecule has 4 heterocycles. The molecule has 3 aliphatic rings. The van der Waals surface area contributed by atoms with E-state index < -0.39 is 10.2 Å². The number of carbonyl (C=O) groups is 2. The number of fused-ring (bicyclic) bond motifs is 1. The van der Waals surface area contributed by atoms with Crippen molar-refractivity contribution in [2.24, 2.45) is 0 Å². The molecule has 2 amide bonds. The Hall–Kier alpha value is -2.47. The lowest BCUT2D eigenvalue weighted by molar-refractivity contribution is 0.0595. The summed E-state index contributed by atoms with van der Waals surface area (Å²) in [6, 6.07) is 7.79. The molecule has 10 nitrogen and oxygen atoms in total. The maximum atomic E-state index is 13.2. The summed E-state index contributed by atoms with van der Waals surface area (Å²) in [6.45, 7) is 9.99. The van der Waals surface area contributed by atoms with Crippen LogP contribution in [0.3, 0.4) is 0 Å². The third-order valence-electron chi connectivity index (χ3n) is 7.92. The van der Waals surface area contributed by atoms with Crippen molar-refractivity contribution in [3.63, 3.8) is 0 Å². The van der Waals surface area contributed by atoms with E-state index in [9.17, 15) is 18.0 Å². The molecule has 3 aliphatic heterocycles. The van der Waals surface area contributed by atoms with E-state index in [1.807, 2.05) is 23.1 Å². The first-order valence-electron chi connectivity index (χ1n) is 13.4. The van der Waals surface area contributed by atoms with Crippen LogP contribution in [0.1, 0.15) is 54.0 Å². The van der Waals surface area contributed by atoms with Crippen LogP contribution in [0.15, 0.2) is 24.3 Å². The first-order chi connectivity index (χ1) is 17.7. The second-order valence-corrected chi connectivity index (χ2v) is 12.5. The maximum absolute atomic E-state index is 13.2. The second-order valence-electron chi connectivity index (χ2n) is 10.6. The SMILES string of the molecule is CC(C)N1CCN(C(=O)c2ccc3[nH]c(C(=O)N4CCN(S(=O)(=O)N5CCCCC5)CC4)cc3c2)CC1. The van der Waals surface area contributed by atoms with Crippen molar-refractivity contribution in [1.82, 2.24) is 28.3 Å². The molecular weight excluding hydrogens is 492 g/mol. The zero-order chi connectivity index (χ0) is 26.2. The smallest absolute Gasteiger partial charge is 0.282 e. The van der Waals surface area contributed by atoms with E-state index in [2.05, 4.69) is 23.7 Å². The van der Waals surface area contributed by atoms with Gasteiger partial charge in [0, 0.05) is 88.0 Å². The quantitative estimate of drug-likeness (QED) is 0.636. The summed E-state index contributed by atoms with van der Waals surface area (Å²) in [4.78, 5) is 35.5. The molecule has 37 heavy (non-hydrogen) atoms. The van der Waals surface area contributed by atoms with Gasteiger partial charge in [-0.05, 0) is 51.0 Å². The first kappa shape index (κ1) is 26.1. The van der Waals surface area contributed by atoms with Gasteiger partial charge in [0.1, 0.15) is 5.69 Å². The number of hydrogen-bond acceptors (Lipinski definition) is 5. The van der Waals surface area contributed by atoms with E-state index in [1.165, 1.54) is 4.31 Å². The average molecular weight is 531 g/mol. The van der Waals surface area contributed by atoms with Crippen LogP contribution in [0, 0.1) is 0 Å². The molecular formula is C26H38N6O4S. The van der Waals surface area contributed by atoms with Gasteiger partial charge in [0.2, 0.25) is 0 Å². The van der Waals surface area contributed by atoms with Crippen molar-refractivity contribution in [1.29, 1.82) is 0 Å². The minimum absolute atomic E-state index is 0.0189. The molecule has 2 aromatic rings. The van der Waals surface area contributed by atoms with Crippen LogP contribution in [0.4, 0.5) is 0 Å². The Kier molecular flexibility index (Phi) is 7.58. The lowest BCUT2D eigenvalue weighted by atomic mass is 10.1. The van der Waals surface area contributed by atoms with E-state index in [1.54, 1.807) is 15.3 Å². The lowest BCUT2D eigenvalue weighted by Crippen LogP contribution is -2.54. The van der Waals surface area contributed by atoms with E-state index in [4.69, 9.17) is 0 Å². The molecule has 1 aromatic carbocycles. The molecule has 3 saturated heterocycles. The Labute approximate surface area is 219 Å². The number of piperidine rings is 1. The molecule has 1 N–H and O–H groups in total. The topological polar surface area (TPSA) is 100 Å². The summed E-state index contributed by atoms with van der Waals surface area (Å²) in [7, 11) is -3.47. The fourth-order valence-electron chi connectivity index (χ4n) is 5.56. The molecule has 0 unspecified atom stereocenters. The third kappa shape index (κ3) is 5.41. The zero-order valence-corrected chi connectivity index (χ0v) is 22.7. The van der Waals surface area contributed by atoms with Gasteiger partial charge >= 0.3 is 0 Å². The monoisotopic (exact) mass is 530 g/mol. The predicted molar refractivity (Wildman–Crippen MR) is 143 cm³/mol. The van der Waals surface area contributed by atoms with Gasteiger partial charge in [-0.2, -0.15) is 17.0 Å². The lowest BCUT2D eigenvalue weighted by Gasteiger charge is -2.37. The van der Waals surface area contributed by atoms with Gasteiger partial charge in [-0.15, -0.1) is 0 Å². The van der Waals surface area contributed by atoms with Crippen LogP contribution in [0.5, 0.6) is 0 Å². The van der Waals surface area contributed by atoms with Crippen molar-refractivity contribution in [2.75, 3.05) is 65.4 Å². The number of piperazine rings is 2. The van der Waals surface area contributed by atoms with E-state index in [0.717, 1.165) is 43.3 Å². The number of amides is 2. The van der Waals surface area contributed by atoms with E-state index >= 15 is 0 Å². The first-order valence-corrected chi connectivity index (χ1v) is 14.8. The summed E-state index contributed by atoms with van der Waals surface area (Å²) in [5.41, 5.74) is 1.88. The van der Waals surface area contributed by atoms with Crippen LogP contribution in [0.2, 0.25) is 0 Å². The van der Waals surface area contributed by atoms with Crippen LogP contribution < -0.4 is 0 Å². The highest BCUT2D eigenvalue weighted by molar-refractivity contribution is 7.86. The van der Waals surface area contributed by atoms with Crippen LogP contribution in [-0.2, 0) is 10.2 Å². The highest BCUT2D eigenvalue weighted by Crippen LogP contribution is 2.22. The number of aromatic amines is 1. The molecule has 5 rings (SSSR count). The number of nitrogens with zero attached hydrogens (tertiary/aromatic N) is 5. The minimum atomic E-state index is -3.47. The molecule has 0 atom stereocenters. The second kappa shape index (κ2) is 10.7. The summed E-state index contributed by atoms with van der Waals surface area (Å²) >= 11 is 0. The molecule has 3 fully saturated rings. The minimum Gasteiger partial charge on any atom is -0.351 e. The molecule has 11 heteroatoms. The molecule has 202 valence electrons. The van der Waals surface area contributed by atoms with Gasteiger partial charge in [0.25, 0.3) is 22.0 Å². The predicted octanol–water partition coefficient (Wildman–Crippen LogP) is 1.82. The third-order valence-corrected chi connectivity index (χ3v) is 9.96. The Morgan fingerprint density at radius 3 is 2.00 bits per heavy atom. The fraction of sp³-hybridized carbons (Fsp3) is 0.615. The zero-order valence-electron chi connectivity index (χ0n) is 21.9. The van der Waals surface area contributed by atoms with Crippen molar-refractivity contribution >= 4 is 32.9 Å². The van der Waals surface area contributed by atoms with Gasteiger partial charge in [-0.25, -0.2) is 0 Å². The van der Waals surface area contributed by atoms with Crippen LogP contribution in [0.25, 0.3) is 10.9 Å². The molecule has 1 aromatic heterocycles. The number of H-pyrrole nitrogens is 1. The Balaban J connectivity index is 1.22. The van der Waals surface area contributed by atoms with Gasteiger partial charge < -0.3 is 14.8 Å².